The molecule has 2 amide bonds. The fraction of sp³-hybridized carbons (Fsp3) is 0.586. The zero-order valence-electron chi connectivity index (χ0n) is 23.5. The number of aromatic nitrogens is 2. The Morgan fingerprint density at radius 2 is 1.95 bits per heavy atom. The second-order valence-electron chi connectivity index (χ2n) is 11.6. The van der Waals surface area contributed by atoms with Crippen LogP contribution in [0.15, 0.2) is 24.4 Å². The second-order valence-corrected chi connectivity index (χ2v) is 11.6. The Bertz CT molecular complexity index is 1210. The van der Waals surface area contributed by atoms with Crippen LogP contribution in [0, 0.1) is 5.41 Å². The van der Waals surface area contributed by atoms with Crippen LogP contribution in [-0.4, -0.2) is 67.7 Å². The number of methoxy groups -OCH3 is 1. The van der Waals surface area contributed by atoms with E-state index in [1.54, 1.807) is 37.4 Å². The highest BCUT2D eigenvalue weighted by atomic mass is 16.5. The van der Waals surface area contributed by atoms with Gasteiger partial charge in [0.2, 0.25) is 11.9 Å². The van der Waals surface area contributed by atoms with E-state index >= 15 is 0 Å². The molecular weight excluding hydrogens is 494 g/mol. The Balaban J connectivity index is 1.41. The minimum atomic E-state index is -0.548. The highest BCUT2D eigenvalue weighted by Crippen LogP contribution is 2.40. The van der Waals surface area contributed by atoms with Gasteiger partial charge in [0.1, 0.15) is 11.4 Å². The maximum atomic E-state index is 13.3. The molecule has 1 aliphatic carbocycles. The van der Waals surface area contributed by atoms with E-state index in [0.29, 0.717) is 35.5 Å². The molecular formula is C29H41N7O3. The Morgan fingerprint density at radius 3 is 2.67 bits per heavy atom. The smallest absolute Gasteiger partial charge is 0.251 e. The van der Waals surface area contributed by atoms with Gasteiger partial charge >= 0.3 is 0 Å². The lowest BCUT2D eigenvalue weighted by Gasteiger charge is -2.38. The summed E-state index contributed by atoms with van der Waals surface area (Å²) in [4.78, 5) is 39.7. The first-order valence-electron chi connectivity index (χ1n) is 14.2. The summed E-state index contributed by atoms with van der Waals surface area (Å²) in [5.41, 5.74) is 1.37. The number of hydrogen-bond donors (Lipinski definition) is 3. The largest absolute Gasteiger partial charge is 0.495 e. The zero-order chi connectivity index (χ0) is 27.6. The highest BCUT2D eigenvalue weighted by Gasteiger charge is 2.41. The lowest BCUT2D eigenvalue weighted by atomic mass is 9.88. The fourth-order valence-corrected chi connectivity index (χ4v) is 6.00. The number of fused-ring (bicyclic) bond motifs is 1. The first-order valence-corrected chi connectivity index (χ1v) is 14.2. The second kappa shape index (κ2) is 11.4. The van der Waals surface area contributed by atoms with E-state index < -0.39 is 5.41 Å². The van der Waals surface area contributed by atoms with Crippen molar-refractivity contribution in [1.29, 1.82) is 0 Å². The standard InChI is InChI=1S/C29H41N7O3/c1-29(2)18-36(21-10-6-5-7-11-21)25-23(35(3)27(29)38)17-31-28(34-25)33-22-13-12-19(15-24(22)39-4)26(37)32-20-9-8-14-30-16-20/h12-13,15,17,20-21,30H,5-11,14,16,18H2,1-4H3,(H,32,37)(H,31,33,34)/t20-/m1/s1. The van der Waals surface area contributed by atoms with E-state index in [1.807, 2.05) is 19.9 Å². The molecule has 1 aromatic heterocycles. The third-order valence-corrected chi connectivity index (χ3v) is 8.19. The van der Waals surface area contributed by atoms with Crippen LogP contribution in [0.5, 0.6) is 5.75 Å². The normalized spacial score (nSPS) is 21.6. The quantitative estimate of drug-likeness (QED) is 0.512. The lowest BCUT2D eigenvalue weighted by molar-refractivity contribution is -0.125. The first kappa shape index (κ1) is 27.2. The van der Waals surface area contributed by atoms with Crippen LogP contribution in [0.1, 0.15) is 69.2 Å². The SMILES string of the molecule is COc1cc(C(=O)N[C@@H]2CCCNC2)ccc1Nc1ncc2c(n1)N(C1CCCCC1)CC(C)(C)C(=O)N2C. The van der Waals surface area contributed by atoms with E-state index in [2.05, 4.69) is 25.8 Å². The van der Waals surface area contributed by atoms with E-state index in [0.717, 1.165) is 50.3 Å². The lowest BCUT2D eigenvalue weighted by Crippen LogP contribution is -2.46. The molecule has 39 heavy (non-hydrogen) atoms. The van der Waals surface area contributed by atoms with Gasteiger partial charge in [-0.15, -0.1) is 0 Å². The molecule has 5 rings (SSSR count). The van der Waals surface area contributed by atoms with Crippen LogP contribution in [0.2, 0.25) is 0 Å². The van der Waals surface area contributed by atoms with Crippen LogP contribution in [0.25, 0.3) is 0 Å². The summed E-state index contributed by atoms with van der Waals surface area (Å²) in [6, 6.07) is 5.80. The molecule has 0 bridgehead atoms. The number of ether oxygens (including phenoxy) is 1. The molecule has 2 fully saturated rings. The zero-order valence-corrected chi connectivity index (χ0v) is 23.5. The average Bonchev–Trinajstić information content (AvgIpc) is 3.03. The molecule has 2 aromatic rings. The van der Waals surface area contributed by atoms with Gasteiger partial charge in [-0.2, -0.15) is 4.98 Å². The van der Waals surface area contributed by atoms with Crippen LogP contribution >= 0.6 is 0 Å². The van der Waals surface area contributed by atoms with Gasteiger partial charge in [-0.05, 0) is 64.3 Å². The maximum Gasteiger partial charge on any atom is 0.251 e. The fourth-order valence-electron chi connectivity index (χ4n) is 6.00. The summed E-state index contributed by atoms with van der Waals surface area (Å²) >= 11 is 0. The third kappa shape index (κ3) is 5.80. The average molecular weight is 536 g/mol. The van der Waals surface area contributed by atoms with Gasteiger partial charge in [-0.3, -0.25) is 9.59 Å². The van der Waals surface area contributed by atoms with Crippen molar-refractivity contribution in [2.24, 2.45) is 5.41 Å². The van der Waals surface area contributed by atoms with Gasteiger partial charge in [0.25, 0.3) is 5.91 Å². The van der Waals surface area contributed by atoms with Gasteiger partial charge in [0.05, 0.1) is 24.4 Å². The number of nitrogens with one attached hydrogen (secondary N) is 3. The predicted molar refractivity (Wildman–Crippen MR) is 153 cm³/mol. The molecule has 10 nitrogen and oxygen atoms in total. The topological polar surface area (TPSA) is 112 Å². The molecule has 0 radical (unpaired) electrons. The van der Waals surface area contributed by atoms with Gasteiger partial charge in [-0.25, -0.2) is 4.98 Å². The Labute approximate surface area is 230 Å². The molecule has 3 N–H and O–H groups in total. The number of nitrogens with zero attached hydrogens (tertiary/aromatic N) is 4. The van der Waals surface area contributed by atoms with Crippen molar-refractivity contribution in [2.45, 2.75) is 70.9 Å². The number of rotatable bonds is 6. The number of hydrogen-bond acceptors (Lipinski definition) is 8. The minimum Gasteiger partial charge on any atom is -0.495 e. The Kier molecular flexibility index (Phi) is 7.93. The van der Waals surface area contributed by atoms with Crippen molar-refractivity contribution in [3.63, 3.8) is 0 Å². The van der Waals surface area contributed by atoms with Crippen LogP contribution < -0.4 is 30.5 Å². The molecule has 3 heterocycles. The van der Waals surface area contributed by atoms with Crippen molar-refractivity contribution >= 4 is 35.0 Å². The summed E-state index contributed by atoms with van der Waals surface area (Å²) in [6.45, 7) is 6.40. The summed E-state index contributed by atoms with van der Waals surface area (Å²) < 4.78 is 5.63. The molecule has 3 aliphatic rings. The Hall–Kier alpha value is -3.40. The highest BCUT2D eigenvalue weighted by molar-refractivity contribution is 6.01. The molecule has 10 heteroatoms. The number of carbonyl (C=O) groups excluding carboxylic acids is 2. The van der Waals surface area contributed by atoms with Crippen LogP contribution in [-0.2, 0) is 4.79 Å². The van der Waals surface area contributed by atoms with Gasteiger partial charge in [0, 0.05) is 37.8 Å². The molecule has 210 valence electrons. The van der Waals surface area contributed by atoms with Crippen molar-refractivity contribution in [1.82, 2.24) is 20.6 Å². The molecule has 1 atom stereocenters. The molecule has 0 spiro atoms. The van der Waals surface area contributed by atoms with E-state index in [4.69, 9.17) is 9.72 Å². The number of amides is 2. The molecule has 2 aliphatic heterocycles. The van der Waals surface area contributed by atoms with Crippen molar-refractivity contribution in [3.05, 3.63) is 30.0 Å². The summed E-state index contributed by atoms with van der Waals surface area (Å²) in [5, 5.41) is 9.72. The summed E-state index contributed by atoms with van der Waals surface area (Å²) in [7, 11) is 3.39. The van der Waals surface area contributed by atoms with Crippen molar-refractivity contribution < 1.29 is 14.3 Å². The van der Waals surface area contributed by atoms with E-state index in [-0.39, 0.29) is 17.9 Å². The third-order valence-electron chi connectivity index (χ3n) is 8.19. The monoisotopic (exact) mass is 535 g/mol. The summed E-state index contributed by atoms with van der Waals surface area (Å²) in [5.74, 6) is 1.66. The number of anilines is 4. The molecule has 1 aromatic carbocycles. The van der Waals surface area contributed by atoms with E-state index in [1.165, 1.54) is 19.3 Å². The predicted octanol–water partition coefficient (Wildman–Crippen LogP) is 3.85. The molecule has 0 unspecified atom stereocenters. The minimum absolute atomic E-state index is 0.0610. The van der Waals surface area contributed by atoms with Crippen molar-refractivity contribution in [2.75, 3.05) is 48.9 Å². The summed E-state index contributed by atoms with van der Waals surface area (Å²) in [6.07, 6.45) is 9.56. The first-order chi connectivity index (χ1) is 18.8. The van der Waals surface area contributed by atoms with Gasteiger partial charge < -0.3 is 30.5 Å². The van der Waals surface area contributed by atoms with Gasteiger partial charge in [-0.1, -0.05) is 19.3 Å². The number of piperidine rings is 1. The van der Waals surface area contributed by atoms with Crippen molar-refractivity contribution in [3.8, 4) is 5.75 Å². The van der Waals surface area contributed by atoms with E-state index in [9.17, 15) is 9.59 Å². The molecule has 1 saturated heterocycles. The number of benzene rings is 1. The van der Waals surface area contributed by atoms with Gasteiger partial charge in [0.15, 0.2) is 5.82 Å². The molecule has 1 saturated carbocycles. The maximum absolute atomic E-state index is 13.3. The van der Waals surface area contributed by atoms with Crippen LogP contribution in [0.3, 0.4) is 0 Å². The number of carbonyl (C=O) groups is 2. The van der Waals surface area contributed by atoms with Crippen LogP contribution in [0.4, 0.5) is 23.1 Å². The Morgan fingerprint density at radius 1 is 1.15 bits per heavy atom.